The summed E-state index contributed by atoms with van der Waals surface area (Å²) in [5.74, 6) is 2.85. The first-order valence-corrected chi connectivity index (χ1v) is 18.4. The topological polar surface area (TPSA) is 56.5 Å². The van der Waals surface area contributed by atoms with Crippen LogP contribution in [0.2, 0.25) is 0 Å². The summed E-state index contributed by atoms with van der Waals surface area (Å²) < 4.78 is 2.24. The first-order chi connectivity index (χ1) is 27.3. The normalized spacial score (nSPS) is 11.3. The predicted octanol–water partition coefficient (Wildman–Crippen LogP) is 12.4. The molecule has 0 unspecified atom stereocenters. The van der Waals surface area contributed by atoms with E-state index in [1.807, 2.05) is 72.8 Å². The van der Waals surface area contributed by atoms with Crippen molar-refractivity contribution in [3.63, 3.8) is 0 Å². The number of hydrogen-bond donors (Lipinski definition) is 0. The fourth-order valence-corrected chi connectivity index (χ4v) is 7.42. The predicted molar refractivity (Wildman–Crippen MR) is 225 cm³/mol. The molecule has 2 heterocycles. The van der Waals surface area contributed by atoms with Gasteiger partial charge in [-0.1, -0.05) is 176 Å². The Hall–Kier alpha value is -7.50. The monoisotopic (exact) mass is 703 g/mol. The Labute approximate surface area is 318 Å². The zero-order chi connectivity index (χ0) is 36.6. The van der Waals surface area contributed by atoms with Gasteiger partial charge in [-0.05, 0) is 57.3 Å². The van der Waals surface area contributed by atoms with Crippen LogP contribution in [0, 0.1) is 0 Å². The van der Waals surface area contributed by atoms with Crippen LogP contribution in [0.1, 0.15) is 0 Å². The van der Waals surface area contributed by atoms with Crippen molar-refractivity contribution in [2.75, 3.05) is 0 Å². The Balaban J connectivity index is 1.03. The van der Waals surface area contributed by atoms with E-state index in [1.165, 1.54) is 21.9 Å². The summed E-state index contributed by atoms with van der Waals surface area (Å²) >= 11 is 0. The van der Waals surface area contributed by atoms with Gasteiger partial charge in [0.15, 0.2) is 17.5 Å². The summed E-state index contributed by atoms with van der Waals surface area (Å²) in [6.07, 6.45) is 0. The lowest BCUT2D eigenvalue weighted by Crippen LogP contribution is -2.00. The van der Waals surface area contributed by atoms with E-state index >= 15 is 0 Å². The Morgan fingerprint density at radius 1 is 0.309 bits per heavy atom. The van der Waals surface area contributed by atoms with Crippen LogP contribution in [0.4, 0.5) is 0 Å². The van der Waals surface area contributed by atoms with Crippen molar-refractivity contribution in [1.82, 2.24) is 24.5 Å². The number of aromatic nitrogens is 5. The first kappa shape index (κ1) is 32.2. The maximum Gasteiger partial charge on any atom is 0.164 e. The van der Waals surface area contributed by atoms with Crippen molar-refractivity contribution < 1.29 is 0 Å². The van der Waals surface area contributed by atoms with Crippen LogP contribution >= 0.6 is 0 Å². The molecule has 10 aromatic rings. The fraction of sp³-hybridized carbons (Fsp3) is 0. The van der Waals surface area contributed by atoms with E-state index in [9.17, 15) is 0 Å². The molecule has 0 aliphatic heterocycles. The largest absolute Gasteiger partial charge is 0.292 e. The molecule has 0 atom stereocenters. The van der Waals surface area contributed by atoms with E-state index in [-0.39, 0.29) is 0 Å². The molecule has 8 aromatic carbocycles. The molecular weight excluding hydrogens is 671 g/mol. The van der Waals surface area contributed by atoms with Crippen molar-refractivity contribution >= 4 is 21.8 Å². The van der Waals surface area contributed by atoms with Crippen molar-refractivity contribution in [2.24, 2.45) is 0 Å². The van der Waals surface area contributed by atoms with Crippen molar-refractivity contribution in [3.8, 4) is 73.5 Å². The van der Waals surface area contributed by atoms with Crippen LogP contribution in [0.15, 0.2) is 200 Å². The summed E-state index contributed by atoms with van der Waals surface area (Å²) in [5.41, 5.74) is 11.6. The minimum atomic E-state index is 0.638. The van der Waals surface area contributed by atoms with Gasteiger partial charge in [0, 0.05) is 27.9 Å². The summed E-state index contributed by atoms with van der Waals surface area (Å²) in [4.78, 5) is 19.8. The summed E-state index contributed by atoms with van der Waals surface area (Å²) in [6, 6.07) is 69.4. The number of nitrogens with zero attached hydrogens (tertiary/aromatic N) is 5. The van der Waals surface area contributed by atoms with Crippen LogP contribution in [-0.4, -0.2) is 24.5 Å². The number of hydrogen-bond acceptors (Lipinski definition) is 4. The van der Waals surface area contributed by atoms with Crippen LogP contribution in [0.25, 0.3) is 95.3 Å². The molecule has 0 aliphatic carbocycles. The van der Waals surface area contributed by atoms with Crippen LogP contribution < -0.4 is 0 Å². The molecule has 0 aliphatic rings. The summed E-state index contributed by atoms with van der Waals surface area (Å²) in [5, 5.41) is 2.39. The van der Waals surface area contributed by atoms with Crippen molar-refractivity contribution in [1.29, 1.82) is 0 Å². The molecule has 0 N–H and O–H groups in total. The third kappa shape index (κ3) is 6.04. The summed E-state index contributed by atoms with van der Waals surface area (Å²) in [6.45, 7) is 0. The van der Waals surface area contributed by atoms with Gasteiger partial charge in [-0.2, -0.15) is 0 Å². The zero-order valence-electron chi connectivity index (χ0n) is 29.8. The van der Waals surface area contributed by atoms with E-state index < -0.39 is 0 Å². The molecule has 55 heavy (non-hydrogen) atoms. The van der Waals surface area contributed by atoms with Gasteiger partial charge in [0.05, 0.1) is 11.0 Å². The third-order valence-electron chi connectivity index (χ3n) is 10.1. The zero-order valence-corrected chi connectivity index (χ0v) is 29.8. The molecule has 5 nitrogen and oxygen atoms in total. The molecule has 2 aromatic heterocycles. The Morgan fingerprint density at radius 3 is 1.29 bits per heavy atom. The van der Waals surface area contributed by atoms with E-state index in [0.717, 1.165) is 55.9 Å². The van der Waals surface area contributed by atoms with Gasteiger partial charge < -0.3 is 0 Å². The maximum atomic E-state index is 5.09. The molecule has 0 spiro atoms. The fourth-order valence-electron chi connectivity index (χ4n) is 7.42. The highest BCUT2D eigenvalue weighted by atomic mass is 15.1. The highest BCUT2D eigenvalue weighted by Crippen LogP contribution is 2.38. The molecule has 0 saturated carbocycles. The lowest BCUT2D eigenvalue weighted by Gasteiger charge is -2.14. The van der Waals surface area contributed by atoms with Crippen LogP contribution in [0.5, 0.6) is 0 Å². The minimum Gasteiger partial charge on any atom is -0.292 e. The highest BCUT2D eigenvalue weighted by Gasteiger charge is 2.17. The molecular formula is C50H33N5. The van der Waals surface area contributed by atoms with Crippen molar-refractivity contribution in [3.05, 3.63) is 200 Å². The molecule has 0 saturated heterocycles. The average Bonchev–Trinajstić information content (AvgIpc) is 3.67. The van der Waals surface area contributed by atoms with Gasteiger partial charge in [0.1, 0.15) is 5.82 Å². The van der Waals surface area contributed by atoms with Gasteiger partial charge in [-0.15, -0.1) is 0 Å². The number of imidazole rings is 1. The van der Waals surface area contributed by atoms with Gasteiger partial charge in [-0.25, -0.2) is 19.9 Å². The van der Waals surface area contributed by atoms with Gasteiger partial charge >= 0.3 is 0 Å². The molecule has 5 heteroatoms. The van der Waals surface area contributed by atoms with Crippen LogP contribution in [0.3, 0.4) is 0 Å². The van der Waals surface area contributed by atoms with E-state index in [1.54, 1.807) is 0 Å². The number of para-hydroxylation sites is 3. The van der Waals surface area contributed by atoms with Gasteiger partial charge in [0.25, 0.3) is 0 Å². The Morgan fingerprint density at radius 2 is 0.745 bits per heavy atom. The Bertz CT molecular complexity index is 2870. The number of rotatable bonds is 7. The lowest BCUT2D eigenvalue weighted by molar-refractivity contribution is 1.07. The Kier molecular flexibility index (Phi) is 8.08. The summed E-state index contributed by atoms with van der Waals surface area (Å²) in [7, 11) is 0. The average molecular weight is 704 g/mol. The quantitative estimate of drug-likeness (QED) is 0.166. The van der Waals surface area contributed by atoms with E-state index in [0.29, 0.717) is 17.5 Å². The second kappa shape index (κ2) is 13.8. The number of benzene rings is 8. The SMILES string of the molecule is c1ccc(-c2nc(-c3ccccc3)nc(-c3ccc(-c4cccc5cccc(-c6ccc(-c7nc8ccccc8n7-c7ccccc7)cc6)c45)cc3)n2)cc1. The van der Waals surface area contributed by atoms with Gasteiger partial charge in [-0.3, -0.25) is 4.57 Å². The van der Waals surface area contributed by atoms with Crippen molar-refractivity contribution in [2.45, 2.75) is 0 Å². The standard InChI is InChI=1S/C50H33N5/c1-4-14-37(15-5-1)47-52-48(38-16-6-2-7-17-38)54-49(53-47)39-30-26-34(27-31-39)42-22-12-18-36-19-13-23-43(46(36)42)35-28-32-40(33-29-35)50-51-44-24-10-11-25-45(44)55(50)41-20-8-3-9-21-41/h1-33H. The molecule has 10 rings (SSSR count). The smallest absolute Gasteiger partial charge is 0.164 e. The molecule has 0 fully saturated rings. The third-order valence-corrected chi connectivity index (χ3v) is 10.1. The maximum absolute atomic E-state index is 5.09. The molecule has 0 amide bonds. The second-order valence-corrected chi connectivity index (χ2v) is 13.5. The highest BCUT2D eigenvalue weighted by molar-refractivity contribution is 6.06. The van der Waals surface area contributed by atoms with Gasteiger partial charge in [0.2, 0.25) is 0 Å². The molecule has 0 bridgehead atoms. The van der Waals surface area contributed by atoms with Crippen LogP contribution in [-0.2, 0) is 0 Å². The number of fused-ring (bicyclic) bond motifs is 2. The second-order valence-electron chi connectivity index (χ2n) is 13.5. The minimum absolute atomic E-state index is 0.638. The van der Waals surface area contributed by atoms with E-state index in [2.05, 4.69) is 132 Å². The first-order valence-electron chi connectivity index (χ1n) is 18.4. The lowest BCUT2D eigenvalue weighted by atomic mass is 9.91. The van der Waals surface area contributed by atoms with E-state index in [4.69, 9.17) is 19.9 Å². The molecule has 0 radical (unpaired) electrons. The molecule has 258 valence electrons.